The first-order chi connectivity index (χ1) is 15.2. The third kappa shape index (κ3) is 4.55. The molecule has 1 saturated heterocycles. The molecule has 1 aromatic carbocycles. The molecule has 1 atom stereocenters. The predicted molar refractivity (Wildman–Crippen MR) is 115 cm³/mol. The minimum atomic E-state index is 0.295. The van der Waals surface area contributed by atoms with Crippen molar-refractivity contribution in [1.82, 2.24) is 20.2 Å². The zero-order chi connectivity index (χ0) is 21.2. The van der Waals surface area contributed by atoms with Gasteiger partial charge in [0.15, 0.2) is 17.5 Å². The number of rotatable bonds is 7. The molecule has 1 aliphatic carbocycles. The lowest BCUT2D eigenvalue weighted by Crippen LogP contribution is -3.29. The Kier molecular flexibility index (Phi) is 6.09. The zero-order valence-corrected chi connectivity index (χ0v) is 18.8. The van der Waals surface area contributed by atoms with E-state index >= 15 is 0 Å². The quantitative estimate of drug-likeness (QED) is 0.662. The van der Waals surface area contributed by atoms with Gasteiger partial charge in [-0.25, -0.2) is 4.68 Å². The number of ether oxygens (including phenoxy) is 2. The predicted octanol–water partition coefficient (Wildman–Crippen LogP) is 0.263. The Labute approximate surface area is 184 Å². The lowest BCUT2D eigenvalue weighted by atomic mass is 10.0. The molecule has 2 fully saturated rings. The number of fused-ring (bicyclic) bond motifs is 1. The number of nitrogens with zero attached hydrogens (tertiary/aromatic N) is 4. The van der Waals surface area contributed by atoms with Crippen LogP contribution in [0, 0.1) is 5.92 Å². The Morgan fingerprint density at radius 3 is 2.61 bits per heavy atom. The van der Waals surface area contributed by atoms with Gasteiger partial charge in [-0.1, -0.05) is 19.9 Å². The van der Waals surface area contributed by atoms with Gasteiger partial charge in [0.1, 0.15) is 26.2 Å². The average Bonchev–Trinajstić information content (AvgIpc) is 3.53. The largest absolute Gasteiger partial charge is 0.454 e. The first-order valence-corrected chi connectivity index (χ1v) is 12.0. The summed E-state index contributed by atoms with van der Waals surface area (Å²) < 4.78 is 13.0. The molecule has 2 N–H and O–H groups in total. The van der Waals surface area contributed by atoms with Crippen molar-refractivity contribution in [3.05, 3.63) is 29.6 Å². The third-order valence-corrected chi connectivity index (χ3v) is 7.31. The topological polar surface area (TPSA) is 70.9 Å². The Hall–Kier alpha value is -2.19. The Morgan fingerprint density at radius 2 is 1.84 bits per heavy atom. The van der Waals surface area contributed by atoms with Crippen LogP contribution in [0.2, 0.25) is 0 Å². The molecule has 3 aliphatic rings. The summed E-state index contributed by atoms with van der Waals surface area (Å²) in [5.41, 5.74) is 1.13. The number of benzene rings is 1. The molecular weight excluding hydrogens is 392 g/mol. The molecule has 31 heavy (non-hydrogen) atoms. The van der Waals surface area contributed by atoms with Gasteiger partial charge in [0.25, 0.3) is 0 Å². The minimum Gasteiger partial charge on any atom is -0.454 e. The van der Waals surface area contributed by atoms with Crippen molar-refractivity contribution in [3.8, 4) is 11.5 Å². The Balaban J connectivity index is 1.31. The molecule has 2 aromatic rings. The lowest BCUT2D eigenvalue weighted by Gasteiger charge is -2.36. The summed E-state index contributed by atoms with van der Waals surface area (Å²) >= 11 is 0. The minimum absolute atomic E-state index is 0.295. The highest BCUT2D eigenvalue weighted by Crippen LogP contribution is 2.32. The number of quaternary nitrogens is 2. The van der Waals surface area contributed by atoms with E-state index in [1.165, 1.54) is 51.9 Å². The van der Waals surface area contributed by atoms with E-state index in [0.717, 1.165) is 35.3 Å². The number of aromatic nitrogens is 4. The second kappa shape index (κ2) is 9.12. The van der Waals surface area contributed by atoms with E-state index in [9.17, 15) is 0 Å². The smallest absolute Gasteiger partial charge is 0.231 e. The number of piperazine rings is 1. The van der Waals surface area contributed by atoms with Gasteiger partial charge in [-0.3, -0.25) is 0 Å². The van der Waals surface area contributed by atoms with Crippen LogP contribution in [-0.4, -0.2) is 59.2 Å². The highest BCUT2D eigenvalue weighted by Gasteiger charge is 2.37. The zero-order valence-electron chi connectivity index (χ0n) is 18.8. The molecule has 0 amide bonds. The van der Waals surface area contributed by atoms with Crippen molar-refractivity contribution in [1.29, 1.82) is 0 Å². The highest BCUT2D eigenvalue weighted by atomic mass is 16.7. The number of nitrogens with one attached hydrogen (secondary N) is 2. The van der Waals surface area contributed by atoms with Gasteiger partial charge in [-0.15, -0.1) is 5.10 Å². The molecule has 3 heterocycles. The molecule has 168 valence electrons. The third-order valence-electron chi connectivity index (χ3n) is 7.31. The van der Waals surface area contributed by atoms with E-state index in [1.807, 2.05) is 21.7 Å². The first-order valence-electron chi connectivity index (χ1n) is 12.0. The van der Waals surface area contributed by atoms with E-state index in [0.29, 0.717) is 25.3 Å². The molecule has 0 radical (unpaired) electrons. The van der Waals surface area contributed by atoms with Crippen LogP contribution in [0.15, 0.2) is 18.2 Å². The van der Waals surface area contributed by atoms with Crippen molar-refractivity contribution in [3.63, 3.8) is 0 Å². The summed E-state index contributed by atoms with van der Waals surface area (Å²) in [7, 11) is 0. The molecule has 8 heteroatoms. The molecule has 0 spiro atoms. The van der Waals surface area contributed by atoms with Gasteiger partial charge < -0.3 is 19.3 Å². The van der Waals surface area contributed by atoms with E-state index in [-0.39, 0.29) is 0 Å². The van der Waals surface area contributed by atoms with E-state index in [1.54, 1.807) is 4.90 Å². The summed E-state index contributed by atoms with van der Waals surface area (Å²) in [6.07, 6.45) is 6.81. The summed E-state index contributed by atoms with van der Waals surface area (Å²) in [5.74, 6) is 3.24. The van der Waals surface area contributed by atoms with E-state index in [2.05, 4.69) is 35.4 Å². The van der Waals surface area contributed by atoms with Crippen molar-refractivity contribution in [2.45, 2.75) is 64.6 Å². The van der Waals surface area contributed by atoms with Crippen LogP contribution < -0.4 is 19.3 Å². The second-order valence-corrected chi connectivity index (χ2v) is 9.86. The molecule has 8 nitrogen and oxygen atoms in total. The lowest BCUT2D eigenvalue weighted by molar-refractivity contribution is -1.04. The standard InChI is InChI=1S/C23H34N6O2/c1-17(2)13-20(28-11-9-27(10-12-28)19-5-3-4-6-19)23-24-25-26-29(23)15-18-7-8-21-22(14-18)31-16-30-21/h7-8,14,17,19-20H,3-6,9-13,15-16H2,1-2H3/p+2/t20-/m0/s1. The maximum atomic E-state index is 5.55. The fourth-order valence-corrected chi connectivity index (χ4v) is 5.70. The highest BCUT2D eigenvalue weighted by molar-refractivity contribution is 5.44. The average molecular weight is 429 g/mol. The summed E-state index contributed by atoms with van der Waals surface area (Å²) in [5, 5.41) is 13.0. The van der Waals surface area contributed by atoms with E-state index in [4.69, 9.17) is 9.47 Å². The van der Waals surface area contributed by atoms with Crippen molar-refractivity contribution >= 4 is 0 Å². The molecule has 1 aromatic heterocycles. The van der Waals surface area contributed by atoms with Gasteiger partial charge in [0, 0.05) is 6.42 Å². The van der Waals surface area contributed by atoms with Crippen molar-refractivity contribution < 1.29 is 19.3 Å². The van der Waals surface area contributed by atoms with Crippen LogP contribution >= 0.6 is 0 Å². The van der Waals surface area contributed by atoms with Gasteiger partial charge >= 0.3 is 0 Å². The van der Waals surface area contributed by atoms with Gasteiger partial charge in [0.05, 0.1) is 12.6 Å². The maximum absolute atomic E-state index is 5.55. The van der Waals surface area contributed by atoms with Crippen LogP contribution in [0.25, 0.3) is 0 Å². The molecule has 2 aliphatic heterocycles. The molecule has 0 bridgehead atoms. The van der Waals surface area contributed by atoms with Crippen LogP contribution in [0.1, 0.15) is 63.4 Å². The normalized spacial score (nSPS) is 24.7. The first kappa shape index (κ1) is 20.7. The van der Waals surface area contributed by atoms with Crippen LogP contribution in [-0.2, 0) is 6.54 Å². The fraction of sp³-hybridized carbons (Fsp3) is 0.696. The second-order valence-electron chi connectivity index (χ2n) is 9.86. The van der Waals surface area contributed by atoms with Gasteiger partial charge in [0.2, 0.25) is 12.6 Å². The van der Waals surface area contributed by atoms with Gasteiger partial charge in [-0.2, -0.15) is 0 Å². The molecule has 0 unspecified atom stereocenters. The van der Waals surface area contributed by atoms with Crippen molar-refractivity contribution in [2.24, 2.45) is 5.92 Å². The van der Waals surface area contributed by atoms with Crippen LogP contribution in [0.3, 0.4) is 0 Å². The van der Waals surface area contributed by atoms with Crippen LogP contribution in [0.5, 0.6) is 11.5 Å². The van der Waals surface area contributed by atoms with Gasteiger partial charge in [-0.05, 0) is 59.7 Å². The SMILES string of the molecule is CC(C)C[C@@H](c1nnnn1Cc1ccc2c(c1)OCO2)[NH+]1CC[NH+](C2CCCC2)CC1. The molecule has 5 rings (SSSR count). The Morgan fingerprint density at radius 1 is 1.06 bits per heavy atom. The number of tetrazole rings is 1. The molecular formula is C23H36N6O2+2. The monoisotopic (exact) mass is 428 g/mol. The summed E-state index contributed by atoms with van der Waals surface area (Å²) in [4.78, 5) is 3.49. The summed E-state index contributed by atoms with van der Waals surface area (Å²) in [6, 6.07) is 7.34. The van der Waals surface area contributed by atoms with Crippen LogP contribution in [0.4, 0.5) is 0 Å². The maximum Gasteiger partial charge on any atom is 0.231 e. The number of hydrogen-bond acceptors (Lipinski definition) is 5. The molecule has 1 saturated carbocycles. The van der Waals surface area contributed by atoms with Crippen molar-refractivity contribution in [2.75, 3.05) is 33.0 Å². The summed E-state index contributed by atoms with van der Waals surface area (Å²) in [6.45, 7) is 10.5. The number of hydrogen-bond donors (Lipinski definition) is 2. The van der Waals surface area contributed by atoms with E-state index < -0.39 is 0 Å². The Bertz CT molecular complexity index is 871. The fourth-order valence-electron chi connectivity index (χ4n) is 5.70.